The standard InChI is InChI=1S/C12H17Br2NO/c1-2-3-8(7-15)12(16)10-6-9(13)4-5-11(10)14/h4-6,8,12,16H,2-3,7,15H2,1H3. The third-order valence-electron chi connectivity index (χ3n) is 2.69. The lowest BCUT2D eigenvalue weighted by Gasteiger charge is -2.22. The Morgan fingerprint density at radius 1 is 1.38 bits per heavy atom. The first-order chi connectivity index (χ1) is 7.60. The molecular formula is C12H17Br2NO. The molecule has 0 radical (unpaired) electrons. The Hall–Kier alpha value is 0.1000. The van der Waals surface area contributed by atoms with E-state index in [2.05, 4.69) is 38.8 Å². The molecule has 0 saturated heterocycles. The average molecular weight is 351 g/mol. The van der Waals surface area contributed by atoms with Gasteiger partial charge in [-0.3, -0.25) is 0 Å². The Morgan fingerprint density at radius 2 is 2.06 bits per heavy atom. The minimum absolute atomic E-state index is 0.121. The molecule has 0 spiro atoms. The van der Waals surface area contributed by atoms with Crippen LogP contribution in [-0.4, -0.2) is 11.7 Å². The first-order valence-corrected chi connectivity index (χ1v) is 7.01. The Labute approximate surface area is 113 Å². The summed E-state index contributed by atoms with van der Waals surface area (Å²) in [5.41, 5.74) is 6.60. The van der Waals surface area contributed by atoms with Crippen molar-refractivity contribution in [1.29, 1.82) is 0 Å². The van der Waals surface area contributed by atoms with Crippen molar-refractivity contribution in [2.24, 2.45) is 11.7 Å². The Balaban J connectivity index is 2.93. The fourth-order valence-electron chi connectivity index (χ4n) is 1.77. The molecule has 4 heteroatoms. The second-order valence-corrected chi connectivity index (χ2v) is 5.67. The van der Waals surface area contributed by atoms with E-state index in [0.717, 1.165) is 27.4 Å². The van der Waals surface area contributed by atoms with E-state index in [4.69, 9.17) is 5.73 Å². The molecule has 0 heterocycles. The van der Waals surface area contributed by atoms with E-state index in [0.29, 0.717) is 6.54 Å². The van der Waals surface area contributed by atoms with E-state index in [9.17, 15) is 5.11 Å². The van der Waals surface area contributed by atoms with Gasteiger partial charge in [0.05, 0.1) is 6.10 Å². The van der Waals surface area contributed by atoms with E-state index in [1.165, 1.54) is 0 Å². The predicted molar refractivity (Wildman–Crippen MR) is 74.3 cm³/mol. The molecule has 1 aromatic carbocycles. The smallest absolute Gasteiger partial charge is 0.0841 e. The van der Waals surface area contributed by atoms with Crippen molar-refractivity contribution in [2.75, 3.05) is 6.54 Å². The largest absolute Gasteiger partial charge is 0.388 e. The fourth-order valence-corrected chi connectivity index (χ4v) is 2.63. The van der Waals surface area contributed by atoms with Gasteiger partial charge in [-0.15, -0.1) is 0 Å². The molecule has 2 unspecified atom stereocenters. The number of hydrogen-bond acceptors (Lipinski definition) is 2. The highest BCUT2D eigenvalue weighted by molar-refractivity contribution is 9.11. The topological polar surface area (TPSA) is 46.2 Å². The van der Waals surface area contributed by atoms with Crippen LogP contribution >= 0.6 is 31.9 Å². The van der Waals surface area contributed by atoms with E-state index in [-0.39, 0.29) is 5.92 Å². The van der Waals surface area contributed by atoms with Gasteiger partial charge in [0.1, 0.15) is 0 Å². The highest BCUT2D eigenvalue weighted by Gasteiger charge is 2.20. The van der Waals surface area contributed by atoms with Crippen molar-refractivity contribution in [1.82, 2.24) is 0 Å². The minimum atomic E-state index is -0.503. The van der Waals surface area contributed by atoms with Crippen LogP contribution in [0.1, 0.15) is 31.4 Å². The van der Waals surface area contributed by atoms with E-state index in [1.807, 2.05) is 18.2 Å². The number of hydrogen-bond donors (Lipinski definition) is 2. The summed E-state index contributed by atoms with van der Waals surface area (Å²) in [7, 11) is 0. The van der Waals surface area contributed by atoms with Crippen LogP contribution in [0.3, 0.4) is 0 Å². The van der Waals surface area contributed by atoms with Crippen LogP contribution in [0, 0.1) is 5.92 Å². The van der Waals surface area contributed by atoms with Gasteiger partial charge in [-0.05, 0) is 36.7 Å². The van der Waals surface area contributed by atoms with E-state index >= 15 is 0 Å². The Bertz CT molecular complexity index is 344. The van der Waals surface area contributed by atoms with Crippen molar-refractivity contribution < 1.29 is 5.11 Å². The number of nitrogens with two attached hydrogens (primary N) is 1. The van der Waals surface area contributed by atoms with E-state index in [1.54, 1.807) is 0 Å². The normalized spacial score (nSPS) is 14.8. The molecule has 2 atom stereocenters. The second-order valence-electron chi connectivity index (χ2n) is 3.90. The van der Waals surface area contributed by atoms with Gasteiger partial charge in [0.2, 0.25) is 0 Å². The molecule has 0 aromatic heterocycles. The van der Waals surface area contributed by atoms with Crippen LogP contribution in [0.2, 0.25) is 0 Å². The lowest BCUT2D eigenvalue weighted by molar-refractivity contribution is 0.106. The van der Waals surface area contributed by atoms with Gasteiger partial charge >= 0.3 is 0 Å². The number of aliphatic hydroxyl groups is 1. The summed E-state index contributed by atoms with van der Waals surface area (Å²) in [5.74, 6) is 0.121. The van der Waals surface area contributed by atoms with Gasteiger partial charge in [0.15, 0.2) is 0 Å². The maximum absolute atomic E-state index is 10.3. The van der Waals surface area contributed by atoms with Crippen molar-refractivity contribution in [3.8, 4) is 0 Å². The predicted octanol–water partition coefficient (Wildman–Crippen LogP) is 3.62. The summed E-state index contributed by atoms with van der Waals surface area (Å²) in [6.07, 6.45) is 1.47. The highest BCUT2D eigenvalue weighted by Crippen LogP contribution is 2.32. The van der Waals surface area contributed by atoms with Crippen LogP contribution in [0.5, 0.6) is 0 Å². The molecule has 16 heavy (non-hydrogen) atoms. The Kier molecular flexibility index (Phi) is 5.97. The number of aliphatic hydroxyl groups excluding tert-OH is 1. The molecule has 0 saturated carbocycles. The van der Waals surface area contributed by atoms with Gasteiger partial charge < -0.3 is 10.8 Å². The minimum Gasteiger partial charge on any atom is -0.388 e. The van der Waals surface area contributed by atoms with Crippen LogP contribution in [0.15, 0.2) is 27.1 Å². The average Bonchev–Trinajstić information content (AvgIpc) is 2.28. The lowest BCUT2D eigenvalue weighted by atomic mass is 9.92. The third-order valence-corrected chi connectivity index (χ3v) is 3.90. The molecule has 1 rings (SSSR count). The zero-order valence-corrected chi connectivity index (χ0v) is 12.5. The summed E-state index contributed by atoms with van der Waals surface area (Å²) in [5, 5.41) is 10.3. The first-order valence-electron chi connectivity index (χ1n) is 5.43. The molecular weight excluding hydrogens is 334 g/mol. The van der Waals surface area contributed by atoms with Crippen LogP contribution in [0.4, 0.5) is 0 Å². The Morgan fingerprint density at radius 3 is 2.62 bits per heavy atom. The van der Waals surface area contributed by atoms with Gasteiger partial charge in [0.25, 0.3) is 0 Å². The molecule has 0 aliphatic rings. The molecule has 3 N–H and O–H groups in total. The van der Waals surface area contributed by atoms with Crippen molar-refractivity contribution >= 4 is 31.9 Å². The molecule has 0 aliphatic carbocycles. The van der Waals surface area contributed by atoms with Gasteiger partial charge in [-0.1, -0.05) is 45.2 Å². The van der Waals surface area contributed by atoms with Crippen molar-refractivity contribution in [3.05, 3.63) is 32.7 Å². The van der Waals surface area contributed by atoms with Crippen LogP contribution < -0.4 is 5.73 Å². The molecule has 2 nitrogen and oxygen atoms in total. The number of halogens is 2. The maximum atomic E-state index is 10.3. The second kappa shape index (κ2) is 6.74. The van der Waals surface area contributed by atoms with Crippen LogP contribution in [-0.2, 0) is 0 Å². The quantitative estimate of drug-likeness (QED) is 0.851. The van der Waals surface area contributed by atoms with Crippen LogP contribution in [0.25, 0.3) is 0 Å². The molecule has 90 valence electrons. The fraction of sp³-hybridized carbons (Fsp3) is 0.500. The van der Waals surface area contributed by atoms with Gasteiger partial charge in [-0.25, -0.2) is 0 Å². The van der Waals surface area contributed by atoms with Gasteiger partial charge in [-0.2, -0.15) is 0 Å². The summed E-state index contributed by atoms with van der Waals surface area (Å²) in [6, 6.07) is 5.81. The molecule has 1 aromatic rings. The summed E-state index contributed by atoms with van der Waals surface area (Å²) in [6.45, 7) is 2.61. The summed E-state index contributed by atoms with van der Waals surface area (Å²) < 4.78 is 1.90. The SMILES string of the molecule is CCCC(CN)C(O)c1cc(Br)ccc1Br. The highest BCUT2D eigenvalue weighted by atomic mass is 79.9. The summed E-state index contributed by atoms with van der Waals surface area (Å²) in [4.78, 5) is 0. The van der Waals surface area contributed by atoms with Crippen molar-refractivity contribution in [3.63, 3.8) is 0 Å². The first kappa shape index (κ1) is 14.2. The molecule has 0 fully saturated rings. The maximum Gasteiger partial charge on any atom is 0.0841 e. The lowest BCUT2D eigenvalue weighted by Crippen LogP contribution is -2.22. The zero-order valence-electron chi connectivity index (χ0n) is 9.29. The zero-order chi connectivity index (χ0) is 12.1. The molecule has 0 bridgehead atoms. The summed E-state index contributed by atoms with van der Waals surface area (Å²) >= 11 is 6.87. The third kappa shape index (κ3) is 3.55. The number of rotatable bonds is 5. The molecule has 0 amide bonds. The molecule has 0 aliphatic heterocycles. The van der Waals surface area contributed by atoms with Gasteiger partial charge in [0, 0.05) is 14.9 Å². The monoisotopic (exact) mass is 349 g/mol. The van der Waals surface area contributed by atoms with Crippen molar-refractivity contribution in [2.45, 2.75) is 25.9 Å². The number of benzene rings is 1. The van der Waals surface area contributed by atoms with E-state index < -0.39 is 6.10 Å².